The van der Waals surface area contributed by atoms with Gasteiger partial charge in [0.15, 0.2) is 0 Å². The van der Waals surface area contributed by atoms with Gasteiger partial charge in [-0.25, -0.2) is 5.10 Å². The Morgan fingerprint density at radius 1 is 1.21 bits per heavy atom. The maximum absolute atomic E-state index is 11.7. The average molecular weight is 271 g/mol. The fourth-order valence-electron chi connectivity index (χ4n) is 2.03. The van der Waals surface area contributed by atoms with Gasteiger partial charge in [0.1, 0.15) is 5.69 Å². The van der Waals surface area contributed by atoms with Crippen LogP contribution in [0.15, 0.2) is 41.2 Å². The molecule has 3 aromatic rings. The average Bonchev–Trinajstić information content (AvgIpc) is 2.89. The second kappa shape index (κ2) is 4.60. The van der Waals surface area contributed by atoms with Crippen molar-refractivity contribution >= 4 is 22.1 Å². The number of rotatable bonds is 2. The molecule has 96 valence electrons. The summed E-state index contributed by atoms with van der Waals surface area (Å²) < 4.78 is 0. The van der Waals surface area contributed by atoms with Crippen LogP contribution in [-0.4, -0.2) is 10.2 Å². The molecule has 3 N–H and O–H groups in total. The quantitative estimate of drug-likeness (QED) is 0.752. The van der Waals surface area contributed by atoms with Crippen molar-refractivity contribution in [3.8, 4) is 10.6 Å². The minimum atomic E-state index is -0.164. The smallest absolute Gasteiger partial charge is 0.272 e. The molecular formula is C14H13N3OS. The molecule has 0 radical (unpaired) electrons. The molecule has 4 nitrogen and oxygen atoms in total. The number of thiophene rings is 1. The van der Waals surface area contributed by atoms with E-state index in [2.05, 4.69) is 10.2 Å². The van der Waals surface area contributed by atoms with Crippen molar-refractivity contribution in [2.75, 3.05) is 0 Å². The highest BCUT2D eigenvalue weighted by atomic mass is 32.1. The molecule has 5 heteroatoms. The molecule has 0 amide bonds. The van der Waals surface area contributed by atoms with Crippen molar-refractivity contribution in [2.24, 2.45) is 5.73 Å². The van der Waals surface area contributed by atoms with Gasteiger partial charge in [-0.2, -0.15) is 5.10 Å². The first kappa shape index (κ1) is 12.1. The van der Waals surface area contributed by atoms with Crippen LogP contribution >= 0.6 is 11.3 Å². The van der Waals surface area contributed by atoms with Crippen LogP contribution in [0.5, 0.6) is 0 Å². The standard InChI is InChI=1S/C14H13N3OS/c1-8(15)11-6-7-12(19-11)13-9-4-2-3-5-10(9)14(18)17-16-13/h2-8H,15H2,1H3,(H,17,18). The number of nitrogens with zero attached hydrogens (tertiary/aromatic N) is 1. The molecule has 19 heavy (non-hydrogen) atoms. The highest BCUT2D eigenvalue weighted by Crippen LogP contribution is 2.32. The molecule has 0 aliphatic rings. The summed E-state index contributed by atoms with van der Waals surface area (Å²) in [5, 5.41) is 8.25. The number of hydrogen-bond donors (Lipinski definition) is 2. The van der Waals surface area contributed by atoms with E-state index in [1.807, 2.05) is 37.3 Å². The second-order valence-electron chi connectivity index (χ2n) is 4.44. The maximum atomic E-state index is 11.7. The highest BCUT2D eigenvalue weighted by molar-refractivity contribution is 7.15. The van der Waals surface area contributed by atoms with Crippen LogP contribution in [0.1, 0.15) is 17.8 Å². The number of hydrogen-bond acceptors (Lipinski definition) is 4. The molecular weight excluding hydrogens is 258 g/mol. The zero-order chi connectivity index (χ0) is 13.4. The lowest BCUT2D eigenvalue weighted by Crippen LogP contribution is -2.08. The first-order chi connectivity index (χ1) is 9.16. The fourth-order valence-corrected chi connectivity index (χ4v) is 2.99. The van der Waals surface area contributed by atoms with Gasteiger partial charge in [0.05, 0.1) is 10.3 Å². The van der Waals surface area contributed by atoms with Gasteiger partial charge in [0, 0.05) is 16.3 Å². The summed E-state index contributed by atoms with van der Waals surface area (Å²) in [6.45, 7) is 1.95. The van der Waals surface area contributed by atoms with Crippen LogP contribution < -0.4 is 11.3 Å². The van der Waals surface area contributed by atoms with Gasteiger partial charge in [0.2, 0.25) is 0 Å². The van der Waals surface area contributed by atoms with Gasteiger partial charge in [-0.1, -0.05) is 18.2 Å². The van der Waals surface area contributed by atoms with Crippen molar-refractivity contribution in [3.63, 3.8) is 0 Å². The predicted octanol–water partition coefficient (Wildman–Crippen LogP) is 2.67. The van der Waals surface area contributed by atoms with E-state index in [1.165, 1.54) is 0 Å². The van der Waals surface area contributed by atoms with Crippen molar-refractivity contribution in [2.45, 2.75) is 13.0 Å². The predicted molar refractivity (Wildman–Crippen MR) is 78.3 cm³/mol. The third-order valence-corrected chi connectivity index (χ3v) is 4.30. The molecule has 1 unspecified atom stereocenters. The topological polar surface area (TPSA) is 71.8 Å². The summed E-state index contributed by atoms with van der Waals surface area (Å²) in [5.41, 5.74) is 6.51. The Morgan fingerprint density at radius 2 is 1.95 bits per heavy atom. The minimum Gasteiger partial charge on any atom is -0.324 e. The maximum Gasteiger partial charge on any atom is 0.272 e. The van der Waals surface area contributed by atoms with E-state index in [4.69, 9.17) is 5.73 Å². The minimum absolute atomic E-state index is 0.00720. The Kier molecular flexibility index (Phi) is 2.93. The van der Waals surface area contributed by atoms with Crippen molar-refractivity contribution in [3.05, 3.63) is 51.6 Å². The summed E-state index contributed by atoms with van der Waals surface area (Å²) in [4.78, 5) is 13.9. The number of fused-ring (bicyclic) bond motifs is 1. The lowest BCUT2D eigenvalue weighted by Gasteiger charge is -2.02. The molecule has 2 aromatic heterocycles. The summed E-state index contributed by atoms with van der Waals surface area (Å²) in [6.07, 6.45) is 0. The molecule has 0 fully saturated rings. The van der Waals surface area contributed by atoms with E-state index in [1.54, 1.807) is 17.4 Å². The molecule has 0 saturated carbocycles. The lowest BCUT2D eigenvalue weighted by molar-refractivity contribution is 0.838. The van der Waals surface area contributed by atoms with Crippen LogP contribution in [0.2, 0.25) is 0 Å². The number of H-pyrrole nitrogens is 1. The van der Waals surface area contributed by atoms with Crippen LogP contribution in [0.4, 0.5) is 0 Å². The van der Waals surface area contributed by atoms with Crippen molar-refractivity contribution < 1.29 is 0 Å². The van der Waals surface area contributed by atoms with Crippen LogP contribution in [0.3, 0.4) is 0 Å². The number of aromatic amines is 1. The molecule has 3 rings (SSSR count). The van der Waals surface area contributed by atoms with Gasteiger partial charge in [0.25, 0.3) is 5.56 Å². The third kappa shape index (κ3) is 2.07. The summed E-state index contributed by atoms with van der Waals surface area (Å²) in [6, 6.07) is 11.5. The Bertz CT molecular complexity index is 788. The molecule has 0 bridgehead atoms. The summed E-state index contributed by atoms with van der Waals surface area (Å²) >= 11 is 1.61. The Labute approximate surface area is 113 Å². The first-order valence-corrected chi connectivity index (χ1v) is 6.81. The molecule has 0 saturated heterocycles. The van der Waals surface area contributed by atoms with E-state index in [-0.39, 0.29) is 11.6 Å². The first-order valence-electron chi connectivity index (χ1n) is 6.00. The zero-order valence-electron chi connectivity index (χ0n) is 10.4. The zero-order valence-corrected chi connectivity index (χ0v) is 11.2. The van der Waals surface area contributed by atoms with Crippen LogP contribution in [0.25, 0.3) is 21.3 Å². The van der Waals surface area contributed by atoms with Crippen LogP contribution in [-0.2, 0) is 0 Å². The molecule has 2 heterocycles. The van der Waals surface area contributed by atoms with Gasteiger partial charge in [-0.3, -0.25) is 4.79 Å². The van der Waals surface area contributed by atoms with E-state index >= 15 is 0 Å². The number of nitrogens with one attached hydrogen (secondary N) is 1. The second-order valence-corrected chi connectivity index (χ2v) is 5.55. The normalized spacial score (nSPS) is 12.7. The Hall–Kier alpha value is -1.98. The van der Waals surface area contributed by atoms with Crippen molar-refractivity contribution in [1.29, 1.82) is 0 Å². The third-order valence-electron chi connectivity index (χ3n) is 3.01. The van der Waals surface area contributed by atoms with E-state index in [0.717, 1.165) is 20.8 Å². The van der Waals surface area contributed by atoms with E-state index in [0.29, 0.717) is 5.39 Å². The SMILES string of the molecule is CC(N)c1ccc(-c2n[nH]c(=O)c3ccccc23)s1. The van der Waals surface area contributed by atoms with Gasteiger partial charge < -0.3 is 5.73 Å². The Balaban J connectivity index is 2.25. The van der Waals surface area contributed by atoms with Gasteiger partial charge in [-0.05, 0) is 25.1 Å². The summed E-state index contributed by atoms with van der Waals surface area (Å²) in [5.74, 6) is 0. The molecule has 0 aliphatic carbocycles. The van der Waals surface area contributed by atoms with Crippen LogP contribution in [0, 0.1) is 0 Å². The van der Waals surface area contributed by atoms with Gasteiger partial charge in [-0.15, -0.1) is 11.3 Å². The number of nitrogens with two attached hydrogens (primary N) is 1. The Morgan fingerprint density at radius 3 is 2.63 bits per heavy atom. The fraction of sp³-hybridized carbons (Fsp3) is 0.143. The van der Waals surface area contributed by atoms with E-state index in [9.17, 15) is 4.79 Å². The van der Waals surface area contributed by atoms with Gasteiger partial charge >= 0.3 is 0 Å². The molecule has 0 spiro atoms. The lowest BCUT2D eigenvalue weighted by atomic mass is 10.1. The summed E-state index contributed by atoms with van der Waals surface area (Å²) in [7, 11) is 0. The highest BCUT2D eigenvalue weighted by Gasteiger charge is 2.11. The van der Waals surface area contributed by atoms with E-state index < -0.39 is 0 Å². The number of benzene rings is 1. The van der Waals surface area contributed by atoms with Crippen molar-refractivity contribution in [1.82, 2.24) is 10.2 Å². The monoisotopic (exact) mass is 271 g/mol. The largest absolute Gasteiger partial charge is 0.324 e. The molecule has 1 aromatic carbocycles. The molecule has 1 atom stereocenters. The molecule has 0 aliphatic heterocycles. The number of aromatic nitrogens is 2.